The van der Waals surface area contributed by atoms with E-state index in [4.69, 9.17) is 0 Å². The number of carbonyl (C=O) groups excluding carboxylic acids is 1. The van der Waals surface area contributed by atoms with Gasteiger partial charge in [-0.25, -0.2) is 0 Å². The summed E-state index contributed by atoms with van der Waals surface area (Å²) in [6.45, 7) is 4.91. The predicted octanol–water partition coefficient (Wildman–Crippen LogP) is 1.76. The van der Waals surface area contributed by atoms with Crippen LogP contribution in [-0.2, 0) is 4.79 Å². The average molecular weight is 281 g/mol. The summed E-state index contributed by atoms with van der Waals surface area (Å²) in [6.07, 6.45) is 7.90. The molecule has 20 heavy (non-hydrogen) atoms. The number of nitrogens with zero attached hydrogens (tertiary/aromatic N) is 1. The lowest BCUT2D eigenvalue weighted by atomic mass is 9.75. The van der Waals surface area contributed by atoms with E-state index in [2.05, 4.69) is 36.6 Å². The average Bonchev–Trinajstić information content (AvgIpc) is 2.95. The molecule has 0 unspecified atom stereocenters. The molecular weight excluding hydrogens is 250 g/mol. The van der Waals surface area contributed by atoms with Gasteiger partial charge in [-0.15, -0.1) is 0 Å². The first-order chi connectivity index (χ1) is 9.55. The van der Waals surface area contributed by atoms with Crippen LogP contribution >= 0.6 is 0 Å². The van der Waals surface area contributed by atoms with Gasteiger partial charge in [0, 0.05) is 12.1 Å². The van der Waals surface area contributed by atoms with E-state index in [9.17, 15) is 4.79 Å². The van der Waals surface area contributed by atoms with Gasteiger partial charge in [-0.05, 0) is 59.3 Å². The lowest BCUT2D eigenvalue weighted by molar-refractivity contribution is -0.133. The van der Waals surface area contributed by atoms with Crippen LogP contribution < -0.4 is 10.6 Å². The summed E-state index contributed by atoms with van der Waals surface area (Å²) in [4.78, 5) is 15.0. The van der Waals surface area contributed by atoms with Crippen LogP contribution in [0.25, 0.3) is 0 Å². The highest BCUT2D eigenvalue weighted by Crippen LogP contribution is 2.35. The second kappa shape index (κ2) is 6.44. The first-order valence-corrected chi connectivity index (χ1v) is 8.21. The van der Waals surface area contributed by atoms with E-state index in [1.54, 1.807) is 0 Å². The third kappa shape index (κ3) is 3.01. The van der Waals surface area contributed by atoms with E-state index in [-0.39, 0.29) is 16.9 Å². The normalized spacial score (nSPS) is 24.8. The lowest BCUT2D eigenvalue weighted by Crippen LogP contribution is -2.54. The molecule has 1 saturated heterocycles. The molecular formula is C16H31N3O. The van der Waals surface area contributed by atoms with Crippen molar-refractivity contribution < 1.29 is 4.79 Å². The van der Waals surface area contributed by atoms with Crippen molar-refractivity contribution in [1.29, 1.82) is 0 Å². The molecule has 1 heterocycles. The molecule has 1 saturated carbocycles. The summed E-state index contributed by atoms with van der Waals surface area (Å²) in [5.41, 5.74) is 0.0644. The molecule has 2 rings (SSSR count). The van der Waals surface area contributed by atoms with Crippen LogP contribution in [0.1, 0.15) is 51.9 Å². The van der Waals surface area contributed by atoms with Crippen LogP contribution in [0.4, 0.5) is 0 Å². The van der Waals surface area contributed by atoms with Crippen LogP contribution in [0.2, 0.25) is 0 Å². The van der Waals surface area contributed by atoms with E-state index >= 15 is 0 Å². The molecule has 2 N–H and O–H groups in total. The molecule has 1 aliphatic heterocycles. The minimum atomic E-state index is -0.128. The van der Waals surface area contributed by atoms with Gasteiger partial charge in [0.1, 0.15) is 0 Å². The number of rotatable bonds is 5. The predicted molar refractivity (Wildman–Crippen MR) is 82.7 cm³/mol. The number of carbonyl (C=O) groups is 1. The fraction of sp³-hybridized carbons (Fsp3) is 0.938. The highest BCUT2D eigenvalue weighted by Gasteiger charge is 2.41. The fourth-order valence-corrected chi connectivity index (χ4v) is 3.89. The first-order valence-electron chi connectivity index (χ1n) is 8.21. The maximum Gasteiger partial charge on any atom is 0.226 e. The minimum absolute atomic E-state index is 0.128. The fourth-order valence-electron chi connectivity index (χ4n) is 3.89. The summed E-state index contributed by atoms with van der Waals surface area (Å²) in [7, 11) is 4.30. The van der Waals surface area contributed by atoms with Crippen molar-refractivity contribution in [2.75, 3.05) is 33.7 Å². The Morgan fingerprint density at radius 1 is 1.15 bits per heavy atom. The minimum Gasteiger partial charge on any atom is -0.354 e. The smallest absolute Gasteiger partial charge is 0.226 e. The second-order valence-electron chi connectivity index (χ2n) is 6.89. The zero-order valence-corrected chi connectivity index (χ0v) is 13.4. The number of piperidine rings is 1. The molecule has 0 aromatic rings. The molecule has 4 nitrogen and oxygen atoms in total. The number of hydrogen-bond donors (Lipinski definition) is 2. The lowest BCUT2D eigenvalue weighted by Gasteiger charge is -2.40. The van der Waals surface area contributed by atoms with Crippen molar-refractivity contribution in [3.05, 3.63) is 0 Å². The van der Waals surface area contributed by atoms with Gasteiger partial charge in [0.25, 0.3) is 0 Å². The Balaban J connectivity index is 1.96. The molecule has 4 heteroatoms. The van der Waals surface area contributed by atoms with Crippen molar-refractivity contribution in [1.82, 2.24) is 15.5 Å². The summed E-state index contributed by atoms with van der Waals surface area (Å²) in [6, 6.07) is 0. The van der Waals surface area contributed by atoms with Crippen LogP contribution in [0.5, 0.6) is 0 Å². The number of hydrogen-bond acceptors (Lipinski definition) is 3. The summed E-state index contributed by atoms with van der Waals surface area (Å²) in [5, 5.41) is 6.66. The molecule has 2 fully saturated rings. The van der Waals surface area contributed by atoms with Gasteiger partial charge in [-0.2, -0.15) is 0 Å². The maximum absolute atomic E-state index is 12.7. The van der Waals surface area contributed by atoms with Crippen LogP contribution in [0.15, 0.2) is 0 Å². The van der Waals surface area contributed by atoms with E-state index in [1.807, 2.05) is 0 Å². The standard InChI is InChI=1S/C16H31N3O/c1-4-15(9-11-17-12-10-15)14(20)18-13-16(19(2)3)7-5-6-8-16/h17H,4-13H2,1-3H3,(H,18,20). The number of nitrogens with one attached hydrogen (secondary N) is 2. The maximum atomic E-state index is 12.7. The van der Waals surface area contributed by atoms with Crippen molar-refractivity contribution in [2.45, 2.75) is 57.4 Å². The van der Waals surface area contributed by atoms with Crippen molar-refractivity contribution in [3.8, 4) is 0 Å². The Hall–Kier alpha value is -0.610. The highest BCUT2D eigenvalue weighted by atomic mass is 16.2. The van der Waals surface area contributed by atoms with E-state index in [0.29, 0.717) is 0 Å². The highest BCUT2D eigenvalue weighted by molar-refractivity contribution is 5.82. The Morgan fingerprint density at radius 2 is 1.75 bits per heavy atom. The van der Waals surface area contributed by atoms with Crippen molar-refractivity contribution in [3.63, 3.8) is 0 Å². The monoisotopic (exact) mass is 281 g/mol. The van der Waals surface area contributed by atoms with E-state index < -0.39 is 0 Å². The Morgan fingerprint density at radius 3 is 2.25 bits per heavy atom. The molecule has 0 bridgehead atoms. The van der Waals surface area contributed by atoms with Gasteiger partial charge < -0.3 is 15.5 Å². The molecule has 0 atom stereocenters. The quantitative estimate of drug-likeness (QED) is 0.807. The van der Waals surface area contributed by atoms with Crippen molar-refractivity contribution in [2.24, 2.45) is 5.41 Å². The first kappa shape index (κ1) is 15.8. The van der Waals surface area contributed by atoms with Gasteiger partial charge in [-0.3, -0.25) is 4.79 Å². The van der Waals surface area contributed by atoms with Gasteiger partial charge in [-0.1, -0.05) is 19.8 Å². The van der Waals surface area contributed by atoms with E-state index in [0.717, 1.165) is 38.9 Å². The van der Waals surface area contributed by atoms with Gasteiger partial charge in [0.15, 0.2) is 0 Å². The summed E-state index contributed by atoms with van der Waals surface area (Å²) in [5.74, 6) is 0.287. The van der Waals surface area contributed by atoms with E-state index in [1.165, 1.54) is 25.7 Å². The van der Waals surface area contributed by atoms with Gasteiger partial charge in [0.05, 0.1) is 5.41 Å². The second-order valence-corrected chi connectivity index (χ2v) is 6.89. The molecule has 0 radical (unpaired) electrons. The number of likely N-dealkylation sites (N-methyl/N-ethyl adjacent to an activating group) is 1. The molecule has 0 spiro atoms. The third-order valence-electron chi connectivity index (χ3n) is 5.78. The van der Waals surface area contributed by atoms with Gasteiger partial charge >= 0.3 is 0 Å². The molecule has 2 aliphatic rings. The summed E-state index contributed by atoms with van der Waals surface area (Å²) < 4.78 is 0. The topological polar surface area (TPSA) is 44.4 Å². The molecule has 0 aromatic carbocycles. The zero-order chi connectivity index (χ0) is 14.6. The van der Waals surface area contributed by atoms with Gasteiger partial charge in [0.2, 0.25) is 5.91 Å². The van der Waals surface area contributed by atoms with Crippen LogP contribution in [0.3, 0.4) is 0 Å². The zero-order valence-electron chi connectivity index (χ0n) is 13.4. The molecule has 1 aliphatic carbocycles. The largest absolute Gasteiger partial charge is 0.354 e. The number of amides is 1. The summed E-state index contributed by atoms with van der Waals surface area (Å²) >= 11 is 0. The Labute approximate surface area is 123 Å². The Kier molecular flexibility index (Phi) is 5.08. The third-order valence-corrected chi connectivity index (χ3v) is 5.78. The Bertz CT molecular complexity index is 329. The molecule has 116 valence electrons. The SMILES string of the molecule is CCC1(C(=O)NCC2(N(C)C)CCCC2)CCNCC1. The van der Waals surface area contributed by atoms with Crippen LogP contribution in [-0.4, -0.2) is 50.1 Å². The molecule has 0 aromatic heterocycles. The van der Waals surface area contributed by atoms with Crippen LogP contribution in [0, 0.1) is 5.41 Å². The molecule has 1 amide bonds. The van der Waals surface area contributed by atoms with Crippen molar-refractivity contribution >= 4 is 5.91 Å².